The van der Waals surface area contributed by atoms with E-state index in [9.17, 15) is 9.18 Å². The van der Waals surface area contributed by atoms with Crippen molar-refractivity contribution in [2.75, 3.05) is 13.1 Å². The number of rotatable bonds is 3. The first-order chi connectivity index (χ1) is 8.66. The lowest BCUT2D eigenvalue weighted by Gasteiger charge is -2.24. The van der Waals surface area contributed by atoms with Crippen LogP contribution in [0.25, 0.3) is 0 Å². The molecule has 2 N–H and O–H groups in total. The number of hydrogen-bond acceptors (Lipinski definition) is 2. The molecule has 0 aliphatic carbocycles. The van der Waals surface area contributed by atoms with Crippen molar-refractivity contribution in [2.24, 2.45) is 5.92 Å². The summed E-state index contributed by atoms with van der Waals surface area (Å²) in [7, 11) is 0. The molecule has 1 fully saturated rings. The lowest BCUT2D eigenvalue weighted by atomic mass is 9.98. The van der Waals surface area contributed by atoms with E-state index >= 15 is 0 Å². The molecule has 18 heavy (non-hydrogen) atoms. The fourth-order valence-electron chi connectivity index (χ4n) is 2.27. The summed E-state index contributed by atoms with van der Waals surface area (Å²) in [4.78, 5) is 12.0. The summed E-state index contributed by atoms with van der Waals surface area (Å²) in [5.41, 5.74) is 0.798. The van der Waals surface area contributed by atoms with Crippen LogP contribution < -0.4 is 10.6 Å². The molecule has 1 aromatic carbocycles. The molecule has 0 radical (unpaired) electrons. The SMILES string of the molecule is CC(NC(=O)C1CCCNC1)c1cccc(F)c1. The second-order valence-corrected chi connectivity index (χ2v) is 4.83. The summed E-state index contributed by atoms with van der Waals surface area (Å²) in [6.45, 7) is 3.61. The van der Waals surface area contributed by atoms with Crippen molar-refractivity contribution in [1.82, 2.24) is 10.6 Å². The highest BCUT2D eigenvalue weighted by molar-refractivity contribution is 5.79. The maximum atomic E-state index is 13.1. The molecule has 2 rings (SSSR count). The van der Waals surface area contributed by atoms with E-state index in [4.69, 9.17) is 0 Å². The zero-order valence-electron chi connectivity index (χ0n) is 10.6. The summed E-state index contributed by atoms with van der Waals surface area (Å²) in [5.74, 6) is -0.179. The molecule has 0 bridgehead atoms. The Hall–Kier alpha value is -1.42. The van der Waals surface area contributed by atoms with E-state index in [2.05, 4.69) is 10.6 Å². The van der Waals surface area contributed by atoms with Crippen LogP contribution in [0.15, 0.2) is 24.3 Å². The van der Waals surface area contributed by atoms with E-state index in [1.54, 1.807) is 6.07 Å². The van der Waals surface area contributed by atoms with Gasteiger partial charge < -0.3 is 10.6 Å². The number of halogens is 1. The first-order valence-electron chi connectivity index (χ1n) is 6.43. The molecule has 2 unspecified atom stereocenters. The molecule has 1 aromatic rings. The Bertz CT molecular complexity index is 416. The molecule has 1 heterocycles. The fourth-order valence-corrected chi connectivity index (χ4v) is 2.27. The first kappa shape index (κ1) is 13.0. The van der Waals surface area contributed by atoms with Crippen molar-refractivity contribution in [3.05, 3.63) is 35.6 Å². The van der Waals surface area contributed by atoms with Crippen molar-refractivity contribution in [3.8, 4) is 0 Å². The number of nitrogens with one attached hydrogen (secondary N) is 2. The van der Waals surface area contributed by atoms with Gasteiger partial charge in [-0.1, -0.05) is 12.1 Å². The number of hydrogen-bond donors (Lipinski definition) is 2. The zero-order chi connectivity index (χ0) is 13.0. The third kappa shape index (κ3) is 3.29. The van der Waals surface area contributed by atoms with Gasteiger partial charge >= 0.3 is 0 Å². The van der Waals surface area contributed by atoms with Gasteiger partial charge in [-0.3, -0.25) is 4.79 Å². The Morgan fingerprint density at radius 2 is 2.39 bits per heavy atom. The standard InChI is InChI=1S/C14H19FN2O/c1-10(11-4-2-6-13(15)8-11)17-14(18)12-5-3-7-16-9-12/h2,4,6,8,10,12,16H,3,5,7,9H2,1H3,(H,17,18). The maximum Gasteiger partial charge on any atom is 0.224 e. The molecule has 0 saturated carbocycles. The average Bonchev–Trinajstić information content (AvgIpc) is 2.39. The van der Waals surface area contributed by atoms with Crippen LogP contribution in [0.3, 0.4) is 0 Å². The summed E-state index contributed by atoms with van der Waals surface area (Å²) in [5, 5.41) is 6.16. The van der Waals surface area contributed by atoms with Gasteiger partial charge in [0.2, 0.25) is 5.91 Å². The number of piperidine rings is 1. The lowest BCUT2D eigenvalue weighted by molar-refractivity contribution is -0.126. The minimum absolute atomic E-state index is 0.0368. The van der Waals surface area contributed by atoms with Crippen LogP contribution in [0.1, 0.15) is 31.4 Å². The van der Waals surface area contributed by atoms with Crippen LogP contribution in [0, 0.1) is 11.7 Å². The number of carbonyl (C=O) groups excluding carboxylic acids is 1. The van der Waals surface area contributed by atoms with Crippen LogP contribution in [0.4, 0.5) is 4.39 Å². The third-order valence-corrected chi connectivity index (χ3v) is 3.38. The Labute approximate surface area is 107 Å². The minimum Gasteiger partial charge on any atom is -0.349 e. The van der Waals surface area contributed by atoms with Gasteiger partial charge in [0.1, 0.15) is 5.82 Å². The Morgan fingerprint density at radius 3 is 3.06 bits per heavy atom. The normalized spacial score (nSPS) is 21.3. The molecular weight excluding hydrogens is 231 g/mol. The minimum atomic E-state index is -0.270. The number of benzene rings is 1. The van der Waals surface area contributed by atoms with Crippen molar-refractivity contribution >= 4 is 5.91 Å². The van der Waals surface area contributed by atoms with Crippen LogP contribution >= 0.6 is 0 Å². The smallest absolute Gasteiger partial charge is 0.224 e. The van der Waals surface area contributed by atoms with E-state index in [0.717, 1.165) is 31.5 Å². The molecule has 1 amide bonds. The number of carbonyl (C=O) groups is 1. The first-order valence-corrected chi connectivity index (χ1v) is 6.43. The predicted molar refractivity (Wildman–Crippen MR) is 68.6 cm³/mol. The lowest BCUT2D eigenvalue weighted by Crippen LogP contribution is -2.41. The zero-order valence-corrected chi connectivity index (χ0v) is 10.6. The molecule has 0 spiro atoms. The molecule has 2 atom stereocenters. The van der Waals surface area contributed by atoms with Crippen molar-refractivity contribution in [2.45, 2.75) is 25.8 Å². The summed E-state index contributed by atoms with van der Waals surface area (Å²) in [6, 6.07) is 6.20. The molecule has 98 valence electrons. The molecule has 3 nitrogen and oxygen atoms in total. The van der Waals surface area contributed by atoms with E-state index in [1.165, 1.54) is 12.1 Å². The third-order valence-electron chi connectivity index (χ3n) is 3.38. The molecule has 1 aliphatic heterocycles. The predicted octanol–water partition coefficient (Wildman–Crippen LogP) is 2.00. The van der Waals surface area contributed by atoms with E-state index in [1.807, 2.05) is 13.0 Å². The van der Waals surface area contributed by atoms with E-state index < -0.39 is 0 Å². The molecular formula is C14H19FN2O. The Morgan fingerprint density at radius 1 is 1.56 bits per heavy atom. The summed E-state index contributed by atoms with van der Waals surface area (Å²) in [6.07, 6.45) is 1.96. The maximum absolute atomic E-state index is 13.1. The van der Waals surface area contributed by atoms with Gasteiger partial charge in [0.25, 0.3) is 0 Å². The van der Waals surface area contributed by atoms with Gasteiger partial charge in [0.15, 0.2) is 0 Å². The Kier molecular flexibility index (Phi) is 4.31. The van der Waals surface area contributed by atoms with Crippen molar-refractivity contribution in [1.29, 1.82) is 0 Å². The highest BCUT2D eigenvalue weighted by Gasteiger charge is 2.22. The van der Waals surface area contributed by atoms with Crippen LogP contribution in [0.2, 0.25) is 0 Å². The molecule has 4 heteroatoms. The summed E-state index contributed by atoms with van der Waals surface area (Å²) < 4.78 is 13.1. The fraction of sp³-hybridized carbons (Fsp3) is 0.500. The van der Waals surface area contributed by atoms with Crippen LogP contribution in [-0.4, -0.2) is 19.0 Å². The highest BCUT2D eigenvalue weighted by atomic mass is 19.1. The van der Waals surface area contributed by atoms with Crippen molar-refractivity contribution in [3.63, 3.8) is 0 Å². The van der Waals surface area contributed by atoms with Crippen molar-refractivity contribution < 1.29 is 9.18 Å². The highest BCUT2D eigenvalue weighted by Crippen LogP contribution is 2.16. The average molecular weight is 250 g/mol. The van der Waals surface area contributed by atoms with Gasteiger partial charge in [-0.2, -0.15) is 0 Å². The van der Waals surface area contributed by atoms with Gasteiger partial charge in [-0.15, -0.1) is 0 Å². The largest absolute Gasteiger partial charge is 0.349 e. The number of amides is 1. The Balaban J connectivity index is 1.94. The topological polar surface area (TPSA) is 41.1 Å². The summed E-state index contributed by atoms with van der Waals surface area (Å²) >= 11 is 0. The monoisotopic (exact) mass is 250 g/mol. The molecule has 1 saturated heterocycles. The van der Waals surface area contributed by atoms with Crippen LogP contribution in [0.5, 0.6) is 0 Å². The van der Waals surface area contributed by atoms with Gasteiger partial charge in [-0.05, 0) is 44.0 Å². The van der Waals surface area contributed by atoms with E-state index in [-0.39, 0.29) is 23.7 Å². The van der Waals surface area contributed by atoms with E-state index in [0.29, 0.717) is 0 Å². The van der Waals surface area contributed by atoms with Gasteiger partial charge in [0, 0.05) is 6.54 Å². The quantitative estimate of drug-likeness (QED) is 0.861. The second kappa shape index (κ2) is 5.96. The molecule has 0 aromatic heterocycles. The molecule has 1 aliphatic rings. The second-order valence-electron chi connectivity index (χ2n) is 4.83. The van der Waals surface area contributed by atoms with Gasteiger partial charge in [-0.25, -0.2) is 4.39 Å². The van der Waals surface area contributed by atoms with Gasteiger partial charge in [0.05, 0.1) is 12.0 Å². The van der Waals surface area contributed by atoms with Crippen LogP contribution in [-0.2, 0) is 4.79 Å².